The van der Waals surface area contributed by atoms with Crippen LogP contribution in [0.2, 0.25) is 0 Å². The molecular weight excluding hydrogens is 208 g/mol. The summed E-state index contributed by atoms with van der Waals surface area (Å²) in [5, 5.41) is 3.79. The van der Waals surface area contributed by atoms with Crippen LogP contribution in [0.1, 0.15) is 52.9 Å². The molecule has 1 N–H and O–H groups in total. The Bertz CT molecular complexity index is 223. The van der Waals surface area contributed by atoms with Crippen LogP contribution in [-0.4, -0.2) is 36.6 Å². The van der Waals surface area contributed by atoms with Crippen LogP contribution < -0.4 is 5.32 Å². The van der Waals surface area contributed by atoms with Crippen molar-refractivity contribution >= 4 is 0 Å². The van der Waals surface area contributed by atoms with Gasteiger partial charge in [-0.25, -0.2) is 0 Å². The van der Waals surface area contributed by atoms with Crippen LogP contribution in [-0.2, 0) is 0 Å². The number of piperazine rings is 1. The second kappa shape index (κ2) is 6.19. The number of hydrogen-bond donors (Lipinski definition) is 1. The van der Waals surface area contributed by atoms with E-state index in [1.165, 1.54) is 51.7 Å². The van der Waals surface area contributed by atoms with Gasteiger partial charge in [-0.15, -0.1) is 0 Å². The van der Waals surface area contributed by atoms with E-state index in [0.717, 1.165) is 23.9 Å². The van der Waals surface area contributed by atoms with E-state index in [1.807, 2.05) is 0 Å². The number of nitrogens with one attached hydrogen (secondary N) is 1. The predicted molar refractivity (Wildman–Crippen MR) is 74.2 cm³/mol. The Morgan fingerprint density at radius 1 is 1.29 bits per heavy atom. The quantitative estimate of drug-likeness (QED) is 0.765. The van der Waals surface area contributed by atoms with Gasteiger partial charge in [-0.1, -0.05) is 27.2 Å². The highest BCUT2D eigenvalue weighted by Gasteiger charge is 2.38. The lowest BCUT2D eigenvalue weighted by atomic mass is 9.98. The molecule has 0 aromatic carbocycles. The van der Waals surface area contributed by atoms with Gasteiger partial charge in [0.05, 0.1) is 0 Å². The van der Waals surface area contributed by atoms with E-state index in [0.29, 0.717) is 0 Å². The fourth-order valence-electron chi connectivity index (χ4n) is 3.19. The van der Waals surface area contributed by atoms with Crippen molar-refractivity contribution in [1.29, 1.82) is 0 Å². The standard InChI is InChI=1S/C15H30N2/c1-4-5-8-17-11-14(9-12(2)3)16-10-15(17)13-6-7-13/h12-16H,4-11H2,1-3H3. The van der Waals surface area contributed by atoms with Gasteiger partial charge >= 0.3 is 0 Å². The molecular formula is C15H30N2. The smallest absolute Gasteiger partial charge is 0.0249 e. The van der Waals surface area contributed by atoms with Crippen molar-refractivity contribution in [2.24, 2.45) is 11.8 Å². The summed E-state index contributed by atoms with van der Waals surface area (Å²) in [5.41, 5.74) is 0. The molecule has 1 aliphatic heterocycles. The lowest BCUT2D eigenvalue weighted by Crippen LogP contribution is -2.57. The summed E-state index contributed by atoms with van der Waals surface area (Å²) in [6.45, 7) is 10.8. The third-order valence-electron chi connectivity index (χ3n) is 4.26. The van der Waals surface area contributed by atoms with Gasteiger partial charge in [-0.3, -0.25) is 4.90 Å². The molecule has 0 bridgehead atoms. The molecule has 2 nitrogen and oxygen atoms in total. The highest BCUT2D eigenvalue weighted by Crippen LogP contribution is 2.36. The van der Waals surface area contributed by atoms with E-state index < -0.39 is 0 Å². The maximum Gasteiger partial charge on any atom is 0.0249 e. The first-order chi connectivity index (χ1) is 8.20. The van der Waals surface area contributed by atoms with Crippen LogP contribution >= 0.6 is 0 Å². The molecule has 0 radical (unpaired) electrons. The summed E-state index contributed by atoms with van der Waals surface area (Å²) in [6.07, 6.45) is 6.99. The van der Waals surface area contributed by atoms with Crippen molar-refractivity contribution in [2.45, 2.75) is 65.0 Å². The highest BCUT2D eigenvalue weighted by atomic mass is 15.2. The van der Waals surface area contributed by atoms with Gasteiger partial charge in [-0.05, 0) is 44.1 Å². The first-order valence-corrected chi connectivity index (χ1v) is 7.68. The molecule has 2 heteroatoms. The monoisotopic (exact) mass is 238 g/mol. The minimum absolute atomic E-state index is 0.738. The van der Waals surface area contributed by atoms with E-state index in [2.05, 4.69) is 31.0 Å². The molecule has 1 aliphatic carbocycles. The zero-order valence-electron chi connectivity index (χ0n) is 11.9. The molecule has 0 aromatic rings. The minimum atomic E-state index is 0.738. The lowest BCUT2D eigenvalue weighted by Gasteiger charge is -2.41. The van der Waals surface area contributed by atoms with Crippen molar-refractivity contribution in [3.63, 3.8) is 0 Å². The lowest BCUT2D eigenvalue weighted by molar-refractivity contribution is 0.106. The maximum atomic E-state index is 3.79. The second-order valence-corrected chi connectivity index (χ2v) is 6.49. The summed E-state index contributed by atoms with van der Waals surface area (Å²) < 4.78 is 0. The maximum absolute atomic E-state index is 3.79. The van der Waals surface area contributed by atoms with Crippen molar-refractivity contribution < 1.29 is 0 Å². The van der Waals surface area contributed by atoms with E-state index >= 15 is 0 Å². The van der Waals surface area contributed by atoms with Gasteiger partial charge in [-0.2, -0.15) is 0 Å². The summed E-state index contributed by atoms with van der Waals surface area (Å²) in [7, 11) is 0. The van der Waals surface area contributed by atoms with E-state index in [-0.39, 0.29) is 0 Å². The average molecular weight is 238 g/mol. The normalized spacial score (nSPS) is 31.1. The van der Waals surface area contributed by atoms with Gasteiger partial charge in [0.25, 0.3) is 0 Å². The van der Waals surface area contributed by atoms with Crippen molar-refractivity contribution in [3.05, 3.63) is 0 Å². The zero-order chi connectivity index (χ0) is 12.3. The Morgan fingerprint density at radius 2 is 2.06 bits per heavy atom. The van der Waals surface area contributed by atoms with Crippen LogP contribution in [0.3, 0.4) is 0 Å². The molecule has 100 valence electrons. The number of nitrogens with zero attached hydrogens (tertiary/aromatic N) is 1. The minimum Gasteiger partial charge on any atom is -0.311 e. The average Bonchev–Trinajstić information content (AvgIpc) is 3.09. The number of rotatable bonds is 6. The van der Waals surface area contributed by atoms with Gasteiger partial charge in [0.1, 0.15) is 0 Å². The Morgan fingerprint density at radius 3 is 2.65 bits per heavy atom. The van der Waals surface area contributed by atoms with Gasteiger partial charge in [0.2, 0.25) is 0 Å². The van der Waals surface area contributed by atoms with Crippen LogP contribution in [0.4, 0.5) is 0 Å². The molecule has 2 unspecified atom stereocenters. The molecule has 2 rings (SSSR count). The molecule has 0 amide bonds. The number of hydrogen-bond acceptors (Lipinski definition) is 2. The Labute approximate surface area is 107 Å². The first kappa shape index (κ1) is 13.4. The van der Waals surface area contributed by atoms with Crippen LogP contribution in [0.15, 0.2) is 0 Å². The van der Waals surface area contributed by atoms with Gasteiger partial charge in [0, 0.05) is 25.2 Å². The van der Waals surface area contributed by atoms with Crippen molar-refractivity contribution in [2.75, 3.05) is 19.6 Å². The first-order valence-electron chi connectivity index (χ1n) is 7.68. The molecule has 2 atom stereocenters. The highest BCUT2D eigenvalue weighted by molar-refractivity contribution is 4.95. The molecule has 1 saturated heterocycles. The molecule has 0 spiro atoms. The third kappa shape index (κ3) is 3.96. The third-order valence-corrected chi connectivity index (χ3v) is 4.26. The van der Waals surface area contributed by atoms with Crippen LogP contribution in [0.5, 0.6) is 0 Å². The van der Waals surface area contributed by atoms with Gasteiger partial charge < -0.3 is 5.32 Å². The van der Waals surface area contributed by atoms with E-state index in [1.54, 1.807) is 0 Å². The molecule has 1 heterocycles. The van der Waals surface area contributed by atoms with Crippen LogP contribution in [0, 0.1) is 11.8 Å². The largest absolute Gasteiger partial charge is 0.311 e. The summed E-state index contributed by atoms with van der Waals surface area (Å²) in [4.78, 5) is 2.80. The Hall–Kier alpha value is -0.0800. The fraction of sp³-hybridized carbons (Fsp3) is 1.00. The second-order valence-electron chi connectivity index (χ2n) is 6.49. The van der Waals surface area contributed by atoms with Crippen molar-refractivity contribution in [1.82, 2.24) is 10.2 Å². The summed E-state index contributed by atoms with van der Waals surface area (Å²) in [6, 6.07) is 1.59. The van der Waals surface area contributed by atoms with Crippen molar-refractivity contribution in [3.8, 4) is 0 Å². The molecule has 17 heavy (non-hydrogen) atoms. The fourth-order valence-corrected chi connectivity index (χ4v) is 3.19. The zero-order valence-corrected chi connectivity index (χ0v) is 11.9. The Balaban J connectivity index is 1.85. The number of unbranched alkanes of at least 4 members (excludes halogenated alkanes) is 1. The summed E-state index contributed by atoms with van der Waals surface area (Å²) in [5.74, 6) is 1.83. The molecule has 2 fully saturated rings. The molecule has 2 aliphatic rings. The molecule has 1 saturated carbocycles. The van der Waals surface area contributed by atoms with E-state index in [9.17, 15) is 0 Å². The van der Waals surface area contributed by atoms with Gasteiger partial charge in [0.15, 0.2) is 0 Å². The predicted octanol–water partition coefficient (Wildman–Crippen LogP) is 2.89. The Kier molecular flexibility index (Phi) is 4.87. The summed E-state index contributed by atoms with van der Waals surface area (Å²) >= 11 is 0. The van der Waals surface area contributed by atoms with Crippen LogP contribution in [0.25, 0.3) is 0 Å². The SMILES string of the molecule is CCCCN1CC(CC(C)C)NCC1C1CC1. The topological polar surface area (TPSA) is 15.3 Å². The van der Waals surface area contributed by atoms with E-state index in [4.69, 9.17) is 0 Å². The molecule has 0 aromatic heterocycles.